The number of aromatic nitrogens is 2. The largest absolute Gasteiger partial charge is 0.353 e. The minimum atomic E-state index is -0.0778. The van der Waals surface area contributed by atoms with Crippen LogP contribution in [-0.4, -0.2) is 54.2 Å². The van der Waals surface area contributed by atoms with E-state index in [0.29, 0.717) is 12.2 Å². The summed E-state index contributed by atoms with van der Waals surface area (Å²) in [6, 6.07) is 11.6. The van der Waals surface area contributed by atoms with Gasteiger partial charge >= 0.3 is 0 Å². The normalized spacial score (nSPS) is 15.3. The van der Waals surface area contributed by atoms with Crippen molar-refractivity contribution in [2.45, 2.75) is 13.3 Å². The second-order valence-electron chi connectivity index (χ2n) is 6.22. The first-order chi connectivity index (χ1) is 11.6. The number of carbonyl (C=O) groups is 1. The molecule has 0 spiro atoms. The first-order valence-corrected chi connectivity index (χ1v) is 8.23. The van der Waals surface area contributed by atoms with Gasteiger partial charge in [-0.3, -0.25) is 4.79 Å². The van der Waals surface area contributed by atoms with Crippen LogP contribution in [0.5, 0.6) is 0 Å². The maximum atomic E-state index is 12.2. The Morgan fingerprint density at radius 2 is 1.83 bits per heavy atom. The van der Waals surface area contributed by atoms with Crippen molar-refractivity contribution in [3.8, 4) is 0 Å². The lowest BCUT2D eigenvalue weighted by Gasteiger charge is -2.32. The standard InChI is InChI=1S/C18H23N5O/c1-14-5-3-4-6-15(14)13-18(24)19-16-7-8-17(21-20-16)23-11-9-22(2)10-12-23/h3-8H,9-13H2,1-2H3,(H,19,20,24). The van der Waals surface area contributed by atoms with E-state index in [2.05, 4.69) is 32.4 Å². The fourth-order valence-corrected chi connectivity index (χ4v) is 2.76. The molecule has 1 fully saturated rings. The van der Waals surface area contributed by atoms with Crippen LogP contribution in [0.15, 0.2) is 36.4 Å². The average Bonchev–Trinajstić information content (AvgIpc) is 2.58. The van der Waals surface area contributed by atoms with Crippen LogP contribution in [0.2, 0.25) is 0 Å². The van der Waals surface area contributed by atoms with Crippen LogP contribution in [0, 0.1) is 6.92 Å². The van der Waals surface area contributed by atoms with Gasteiger partial charge in [-0.05, 0) is 37.2 Å². The molecule has 1 aromatic heterocycles. The van der Waals surface area contributed by atoms with Crippen molar-refractivity contribution in [1.29, 1.82) is 0 Å². The maximum absolute atomic E-state index is 12.2. The van der Waals surface area contributed by atoms with Gasteiger partial charge in [-0.15, -0.1) is 10.2 Å². The second kappa shape index (κ2) is 7.40. The Hall–Kier alpha value is -2.47. The number of piperazine rings is 1. The molecule has 0 aliphatic carbocycles. The van der Waals surface area contributed by atoms with Crippen LogP contribution in [0.3, 0.4) is 0 Å². The lowest BCUT2D eigenvalue weighted by molar-refractivity contribution is -0.115. The molecule has 1 aromatic carbocycles. The highest BCUT2D eigenvalue weighted by atomic mass is 16.1. The molecule has 3 rings (SSSR count). The van der Waals surface area contributed by atoms with Gasteiger partial charge in [0.1, 0.15) is 0 Å². The van der Waals surface area contributed by atoms with E-state index in [1.807, 2.05) is 43.3 Å². The number of benzene rings is 1. The number of anilines is 2. The third-order valence-corrected chi connectivity index (χ3v) is 4.36. The number of nitrogens with one attached hydrogen (secondary N) is 1. The van der Waals surface area contributed by atoms with Crippen molar-refractivity contribution in [2.24, 2.45) is 0 Å². The highest BCUT2D eigenvalue weighted by Gasteiger charge is 2.15. The number of likely N-dealkylation sites (N-methyl/N-ethyl adjacent to an activating group) is 1. The fraction of sp³-hybridized carbons (Fsp3) is 0.389. The van der Waals surface area contributed by atoms with Gasteiger partial charge in [0.05, 0.1) is 6.42 Å². The minimum Gasteiger partial charge on any atom is -0.353 e. The van der Waals surface area contributed by atoms with Crippen LogP contribution >= 0.6 is 0 Å². The SMILES string of the molecule is Cc1ccccc1CC(=O)Nc1ccc(N2CCN(C)CC2)nn1. The molecule has 0 unspecified atom stereocenters. The van der Waals surface area contributed by atoms with Crippen LogP contribution < -0.4 is 10.2 Å². The smallest absolute Gasteiger partial charge is 0.230 e. The monoisotopic (exact) mass is 325 g/mol. The third kappa shape index (κ3) is 4.08. The summed E-state index contributed by atoms with van der Waals surface area (Å²) in [5, 5.41) is 11.2. The van der Waals surface area contributed by atoms with Crippen LogP contribution in [-0.2, 0) is 11.2 Å². The molecule has 1 aliphatic heterocycles. The van der Waals surface area contributed by atoms with Gasteiger partial charge in [-0.1, -0.05) is 24.3 Å². The Morgan fingerprint density at radius 3 is 2.50 bits per heavy atom. The van der Waals surface area contributed by atoms with E-state index in [1.54, 1.807) is 0 Å². The van der Waals surface area contributed by atoms with Gasteiger partial charge in [0.25, 0.3) is 0 Å². The third-order valence-electron chi connectivity index (χ3n) is 4.36. The zero-order chi connectivity index (χ0) is 16.9. The molecule has 1 N–H and O–H groups in total. The number of carbonyl (C=O) groups excluding carboxylic acids is 1. The van der Waals surface area contributed by atoms with E-state index < -0.39 is 0 Å². The molecule has 126 valence electrons. The number of aryl methyl sites for hydroxylation is 1. The Balaban J connectivity index is 1.58. The molecule has 0 bridgehead atoms. The van der Waals surface area contributed by atoms with Crippen LogP contribution in [0.4, 0.5) is 11.6 Å². The highest BCUT2D eigenvalue weighted by Crippen LogP contribution is 2.14. The lowest BCUT2D eigenvalue weighted by atomic mass is 10.1. The summed E-state index contributed by atoms with van der Waals surface area (Å²) in [6.07, 6.45) is 0.342. The summed E-state index contributed by atoms with van der Waals surface area (Å²) in [5.74, 6) is 1.28. The Bertz CT molecular complexity index is 693. The summed E-state index contributed by atoms with van der Waals surface area (Å²) in [7, 11) is 2.12. The van der Waals surface area contributed by atoms with Gasteiger partial charge in [-0.2, -0.15) is 0 Å². The predicted molar refractivity (Wildman–Crippen MR) is 95.3 cm³/mol. The number of amides is 1. The van der Waals surface area contributed by atoms with Crippen LogP contribution in [0.25, 0.3) is 0 Å². The zero-order valence-corrected chi connectivity index (χ0v) is 14.2. The molecule has 2 aromatic rings. The topological polar surface area (TPSA) is 61.4 Å². The van der Waals surface area contributed by atoms with E-state index in [0.717, 1.165) is 43.1 Å². The maximum Gasteiger partial charge on any atom is 0.230 e. The molecular formula is C18H23N5O. The molecule has 1 aliphatic rings. The second-order valence-corrected chi connectivity index (χ2v) is 6.22. The van der Waals surface area contributed by atoms with Crippen molar-refractivity contribution in [1.82, 2.24) is 15.1 Å². The van der Waals surface area contributed by atoms with E-state index >= 15 is 0 Å². The highest BCUT2D eigenvalue weighted by molar-refractivity contribution is 5.91. The first-order valence-electron chi connectivity index (χ1n) is 8.23. The van der Waals surface area contributed by atoms with Crippen molar-refractivity contribution < 1.29 is 4.79 Å². The van der Waals surface area contributed by atoms with E-state index in [4.69, 9.17) is 0 Å². The lowest BCUT2D eigenvalue weighted by Crippen LogP contribution is -2.44. The summed E-state index contributed by atoms with van der Waals surface area (Å²) < 4.78 is 0. The summed E-state index contributed by atoms with van der Waals surface area (Å²) in [4.78, 5) is 16.7. The Kier molecular flexibility index (Phi) is 5.05. The molecule has 0 saturated carbocycles. The quantitative estimate of drug-likeness (QED) is 0.927. The minimum absolute atomic E-state index is 0.0778. The molecule has 24 heavy (non-hydrogen) atoms. The Labute approximate surface area is 142 Å². The first kappa shape index (κ1) is 16.4. The molecule has 0 radical (unpaired) electrons. The fourth-order valence-electron chi connectivity index (χ4n) is 2.76. The number of hydrogen-bond donors (Lipinski definition) is 1. The molecule has 2 heterocycles. The Morgan fingerprint density at radius 1 is 1.08 bits per heavy atom. The molecule has 0 atom stereocenters. The van der Waals surface area contributed by atoms with Gasteiger partial charge in [0, 0.05) is 26.2 Å². The molecule has 1 amide bonds. The zero-order valence-electron chi connectivity index (χ0n) is 14.2. The van der Waals surface area contributed by atoms with E-state index in [-0.39, 0.29) is 5.91 Å². The van der Waals surface area contributed by atoms with Gasteiger partial charge in [0.2, 0.25) is 5.91 Å². The van der Waals surface area contributed by atoms with Crippen molar-refractivity contribution >= 4 is 17.5 Å². The van der Waals surface area contributed by atoms with Gasteiger partial charge in [0.15, 0.2) is 11.6 Å². The van der Waals surface area contributed by atoms with Crippen molar-refractivity contribution in [3.05, 3.63) is 47.5 Å². The molecule has 1 saturated heterocycles. The van der Waals surface area contributed by atoms with Crippen LogP contribution in [0.1, 0.15) is 11.1 Å². The summed E-state index contributed by atoms with van der Waals surface area (Å²) in [5.41, 5.74) is 2.14. The summed E-state index contributed by atoms with van der Waals surface area (Å²) >= 11 is 0. The number of rotatable bonds is 4. The van der Waals surface area contributed by atoms with Crippen molar-refractivity contribution in [3.63, 3.8) is 0 Å². The number of nitrogens with zero attached hydrogens (tertiary/aromatic N) is 4. The van der Waals surface area contributed by atoms with Crippen molar-refractivity contribution in [2.75, 3.05) is 43.4 Å². The van der Waals surface area contributed by atoms with Gasteiger partial charge < -0.3 is 15.1 Å². The molecular weight excluding hydrogens is 302 g/mol. The predicted octanol–water partition coefficient (Wildman–Crippen LogP) is 1.72. The average molecular weight is 325 g/mol. The summed E-state index contributed by atoms with van der Waals surface area (Å²) in [6.45, 7) is 5.95. The van der Waals surface area contributed by atoms with Gasteiger partial charge in [-0.25, -0.2) is 0 Å². The number of hydrogen-bond acceptors (Lipinski definition) is 5. The molecule has 6 heteroatoms. The van der Waals surface area contributed by atoms with E-state index in [9.17, 15) is 4.79 Å². The molecule has 6 nitrogen and oxygen atoms in total. The van der Waals surface area contributed by atoms with E-state index in [1.165, 1.54) is 0 Å².